The zero-order valence-electron chi connectivity index (χ0n) is 13.2. The Kier molecular flexibility index (Phi) is 5.67. The van der Waals surface area contributed by atoms with Gasteiger partial charge >= 0.3 is 0 Å². The first-order chi connectivity index (χ1) is 9.13. The fourth-order valence-corrected chi connectivity index (χ4v) is 4.08. The van der Waals surface area contributed by atoms with E-state index in [0.29, 0.717) is 5.41 Å². The summed E-state index contributed by atoms with van der Waals surface area (Å²) in [6, 6.07) is 0. The minimum absolute atomic E-state index is 0.564. The highest BCUT2D eigenvalue weighted by Crippen LogP contribution is 2.32. The number of rotatable bonds is 6. The Labute approximate surface area is 119 Å². The molecule has 19 heavy (non-hydrogen) atoms. The molecule has 2 heterocycles. The third-order valence-corrected chi connectivity index (χ3v) is 5.13. The molecule has 2 rings (SSSR count). The first-order valence-electron chi connectivity index (χ1n) is 8.21. The number of piperidine rings is 1. The molecule has 0 saturated carbocycles. The second-order valence-corrected chi connectivity index (χ2v) is 7.12. The van der Waals surface area contributed by atoms with E-state index in [2.05, 4.69) is 36.1 Å². The van der Waals surface area contributed by atoms with Crippen LogP contribution in [-0.2, 0) is 0 Å². The molecule has 0 aliphatic carbocycles. The van der Waals surface area contributed by atoms with Gasteiger partial charge in [-0.25, -0.2) is 0 Å². The molecule has 0 amide bonds. The first kappa shape index (κ1) is 15.3. The van der Waals surface area contributed by atoms with E-state index in [4.69, 9.17) is 0 Å². The fraction of sp³-hybridized carbons (Fsp3) is 1.00. The van der Waals surface area contributed by atoms with Crippen molar-refractivity contribution < 1.29 is 0 Å². The van der Waals surface area contributed by atoms with E-state index < -0.39 is 0 Å². The molecule has 3 heteroatoms. The Morgan fingerprint density at radius 1 is 1.32 bits per heavy atom. The summed E-state index contributed by atoms with van der Waals surface area (Å²) in [4.78, 5) is 5.09. The fourth-order valence-electron chi connectivity index (χ4n) is 4.08. The van der Waals surface area contributed by atoms with Crippen molar-refractivity contribution >= 4 is 0 Å². The molecule has 112 valence electrons. The number of hydrogen-bond acceptors (Lipinski definition) is 3. The van der Waals surface area contributed by atoms with Crippen LogP contribution in [0.1, 0.15) is 39.0 Å². The summed E-state index contributed by atoms with van der Waals surface area (Å²) >= 11 is 0. The molecule has 2 aliphatic heterocycles. The zero-order valence-corrected chi connectivity index (χ0v) is 13.2. The lowest BCUT2D eigenvalue weighted by Crippen LogP contribution is -2.41. The molecule has 2 aliphatic rings. The van der Waals surface area contributed by atoms with Crippen molar-refractivity contribution in [3.8, 4) is 0 Å². The summed E-state index contributed by atoms with van der Waals surface area (Å²) < 4.78 is 0. The molecule has 0 aromatic carbocycles. The van der Waals surface area contributed by atoms with Gasteiger partial charge in [-0.2, -0.15) is 0 Å². The predicted molar refractivity (Wildman–Crippen MR) is 82.5 cm³/mol. The Bertz CT molecular complexity index is 253. The van der Waals surface area contributed by atoms with Crippen LogP contribution in [0.2, 0.25) is 0 Å². The smallest absolute Gasteiger partial charge is 0.00477 e. The lowest BCUT2D eigenvalue weighted by atomic mass is 9.81. The maximum absolute atomic E-state index is 3.58. The Morgan fingerprint density at radius 2 is 2.05 bits per heavy atom. The van der Waals surface area contributed by atoms with Gasteiger partial charge in [-0.3, -0.25) is 0 Å². The van der Waals surface area contributed by atoms with Gasteiger partial charge in [-0.1, -0.05) is 13.3 Å². The lowest BCUT2D eigenvalue weighted by molar-refractivity contribution is 0.131. The minimum Gasteiger partial charge on any atom is -0.316 e. The lowest BCUT2D eigenvalue weighted by Gasteiger charge is -2.36. The van der Waals surface area contributed by atoms with E-state index in [-0.39, 0.29) is 0 Å². The summed E-state index contributed by atoms with van der Waals surface area (Å²) in [5, 5.41) is 3.58. The molecule has 0 aromatic heterocycles. The molecular formula is C16H33N3. The van der Waals surface area contributed by atoms with Gasteiger partial charge in [0.25, 0.3) is 0 Å². The number of nitrogens with zero attached hydrogens (tertiary/aromatic N) is 2. The summed E-state index contributed by atoms with van der Waals surface area (Å²) in [5.41, 5.74) is 0.564. The van der Waals surface area contributed by atoms with E-state index in [1.165, 1.54) is 71.4 Å². The molecular weight excluding hydrogens is 234 g/mol. The van der Waals surface area contributed by atoms with Crippen LogP contribution in [0.4, 0.5) is 0 Å². The predicted octanol–water partition coefficient (Wildman–Crippen LogP) is 2.04. The van der Waals surface area contributed by atoms with Crippen LogP contribution in [0.25, 0.3) is 0 Å². The van der Waals surface area contributed by atoms with Crippen LogP contribution in [0, 0.1) is 11.3 Å². The van der Waals surface area contributed by atoms with E-state index in [1.807, 2.05) is 0 Å². The summed E-state index contributed by atoms with van der Waals surface area (Å²) in [6.45, 7) is 9.97. The van der Waals surface area contributed by atoms with Gasteiger partial charge in [0.2, 0.25) is 0 Å². The second kappa shape index (κ2) is 7.05. The van der Waals surface area contributed by atoms with Crippen LogP contribution < -0.4 is 5.32 Å². The van der Waals surface area contributed by atoms with Crippen molar-refractivity contribution in [1.82, 2.24) is 15.1 Å². The number of nitrogens with one attached hydrogen (secondary N) is 1. The SMILES string of the molecule is CCCC1(CN(C)CC2CCN(C)CC2)CCNC1. The van der Waals surface area contributed by atoms with Crippen molar-refractivity contribution in [2.45, 2.75) is 39.0 Å². The number of likely N-dealkylation sites (tertiary alicyclic amines) is 1. The Hall–Kier alpha value is -0.120. The van der Waals surface area contributed by atoms with Crippen LogP contribution in [0.15, 0.2) is 0 Å². The van der Waals surface area contributed by atoms with Gasteiger partial charge in [0, 0.05) is 19.6 Å². The quantitative estimate of drug-likeness (QED) is 0.794. The van der Waals surface area contributed by atoms with Crippen molar-refractivity contribution in [2.75, 3.05) is 53.4 Å². The van der Waals surface area contributed by atoms with Crippen LogP contribution in [0.5, 0.6) is 0 Å². The average Bonchev–Trinajstić information content (AvgIpc) is 2.81. The Balaban J connectivity index is 1.77. The molecule has 1 unspecified atom stereocenters. The maximum atomic E-state index is 3.58. The molecule has 0 aromatic rings. The average molecular weight is 267 g/mol. The third kappa shape index (κ3) is 4.44. The molecule has 1 N–H and O–H groups in total. The summed E-state index contributed by atoms with van der Waals surface area (Å²) in [7, 11) is 4.59. The topological polar surface area (TPSA) is 18.5 Å². The maximum Gasteiger partial charge on any atom is 0.00477 e. The van der Waals surface area contributed by atoms with E-state index in [1.54, 1.807) is 0 Å². The largest absolute Gasteiger partial charge is 0.316 e. The van der Waals surface area contributed by atoms with Crippen molar-refractivity contribution in [2.24, 2.45) is 11.3 Å². The van der Waals surface area contributed by atoms with Crippen LogP contribution >= 0.6 is 0 Å². The molecule has 2 fully saturated rings. The van der Waals surface area contributed by atoms with Gasteiger partial charge in [0.1, 0.15) is 0 Å². The molecule has 3 nitrogen and oxygen atoms in total. The van der Waals surface area contributed by atoms with E-state index in [9.17, 15) is 0 Å². The highest BCUT2D eigenvalue weighted by Gasteiger charge is 2.34. The van der Waals surface area contributed by atoms with Crippen molar-refractivity contribution in [1.29, 1.82) is 0 Å². The zero-order chi connectivity index (χ0) is 13.7. The van der Waals surface area contributed by atoms with Gasteiger partial charge in [-0.05, 0) is 70.7 Å². The summed E-state index contributed by atoms with van der Waals surface area (Å²) in [5.74, 6) is 0.925. The third-order valence-electron chi connectivity index (χ3n) is 5.13. The standard InChI is InChI=1S/C16H33N3/c1-4-7-16(8-9-17-13-16)14-19(3)12-15-5-10-18(2)11-6-15/h15,17H,4-14H2,1-3H3. The van der Waals surface area contributed by atoms with Crippen molar-refractivity contribution in [3.05, 3.63) is 0 Å². The molecule has 0 spiro atoms. The van der Waals surface area contributed by atoms with E-state index >= 15 is 0 Å². The molecule has 1 atom stereocenters. The first-order valence-corrected chi connectivity index (χ1v) is 8.21. The molecule has 0 radical (unpaired) electrons. The van der Waals surface area contributed by atoms with E-state index in [0.717, 1.165) is 5.92 Å². The van der Waals surface area contributed by atoms with Gasteiger partial charge < -0.3 is 15.1 Å². The molecule has 0 bridgehead atoms. The van der Waals surface area contributed by atoms with Gasteiger partial charge in [-0.15, -0.1) is 0 Å². The minimum atomic E-state index is 0.564. The van der Waals surface area contributed by atoms with Gasteiger partial charge in [0.15, 0.2) is 0 Å². The normalized spacial score (nSPS) is 30.3. The van der Waals surface area contributed by atoms with Crippen LogP contribution in [0.3, 0.4) is 0 Å². The van der Waals surface area contributed by atoms with Gasteiger partial charge in [0.05, 0.1) is 0 Å². The second-order valence-electron chi connectivity index (χ2n) is 7.12. The number of hydrogen-bond donors (Lipinski definition) is 1. The highest BCUT2D eigenvalue weighted by atomic mass is 15.1. The monoisotopic (exact) mass is 267 g/mol. The highest BCUT2D eigenvalue weighted by molar-refractivity contribution is 4.90. The summed E-state index contributed by atoms with van der Waals surface area (Å²) in [6.07, 6.45) is 6.86. The van der Waals surface area contributed by atoms with Crippen molar-refractivity contribution in [3.63, 3.8) is 0 Å². The Morgan fingerprint density at radius 3 is 2.63 bits per heavy atom. The molecule has 2 saturated heterocycles. The van der Waals surface area contributed by atoms with Crippen LogP contribution in [-0.4, -0.2) is 63.2 Å².